The molecule has 0 spiro atoms. The first-order valence-electron chi connectivity index (χ1n) is 4.10. The highest BCUT2D eigenvalue weighted by molar-refractivity contribution is 5.80. The predicted octanol–water partition coefficient (Wildman–Crippen LogP) is 2.19. The summed E-state index contributed by atoms with van der Waals surface area (Å²) in [5, 5.41) is 1.17. The third-order valence-corrected chi connectivity index (χ3v) is 1.95. The Labute approximate surface area is 71.3 Å². The van der Waals surface area contributed by atoms with Crippen molar-refractivity contribution in [1.29, 1.82) is 0 Å². The number of nitrogens with zero attached hydrogens (tertiary/aromatic N) is 2. The quantitative estimate of drug-likeness (QED) is 0.635. The minimum atomic E-state index is 0.961. The molecular weight excluding hydrogens is 148 g/mol. The van der Waals surface area contributed by atoms with Gasteiger partial charge in [-0.1, -0.05) is 6.92 Å². The molecule has 0 fully saturated rings. The maximum atomic E-state index is 4.29. The van der Waals surface area contributed by atoms with Crippen LogP contribution < -0.4 is 0 Å². The Morgan fingerprint density at radius 1 is 1.17 bits per heavy atom. The summed E-state index contributed by atoms with van der Waals surface area (Å²) in [5.41, 5.74) is 2.16. The van der Waals surface area contributed by atoms with Crippen LogP contribution in [-0.4, -0.2) is 9.97 Å². The van der Waals surface area contributed by atoms with Crippen molar-refractivity contribution in [2.24, 2.45) is 0 Å². The fraction of sp³-hybridized carbons (Fsp3) is 0.200. The minimum Gasteiger partial charge on any atom is -0.261 e. The number of hydrogen-bond acceptors (Lipinski definition) is 2. The Kier molecular flexibility index (Phi) is 1.74. The Hall–Kier alpha value is -1.44. The zero-order valence-corrected chi connectivity index (χ0v) is 6.99. The zero-order chi connectivity index (χ0) is 8.39. The van der Waals surface area contributed by atoms with Gasteiger partial charge in [-0.15, -0.1) is 0 Å². The molecule has 60 valence electrons. The molecule has 2 heteroatoms. The first-order chi connectivity index (χ1) is 5.92. The van der Waals surface area contributed by atoms with Gasteiger partial charge in [-0.25, -0.2) is 0 Å². The average Bonchev–Trinajstić information content (AvgIpc) is 2.17. The second kappa shape index (κ2) is 2.89. The van der Waals surface area contributed by atoms with E-state index in [1.807, 2.05) is 24.5 Å². The normalized spacial score (nSPS) is 10.4. The summed E-state index contributed by atoms with van der Waals surface area (Å²) < 4.78 is 0. The number of pyridine rings is 2. The Morgan fingerprint density at radius 2 is 2.08 bits per heavy atom. The lowest BCUT2D eigenvalue weighted by atomic mass is 10.2. The van der Waals surface area contributed by atoms with Crippen molar-refractivity contribution < 1.29 is 0 Å². The molecule has 0 N–H and O–H groups in total. The Balaban J connectivity index is 2.79. The largest absolute Gasteiger partial charge is 0.261 e. The highest BCUT2D eigenvalue weighted by Gasteiger charge is 1.98. The van der Waals surface area contributed by atoms with Crippen LogP contribution in [-0.2, 0) is 6.42 Å². The van der Waals surface area contributed by atoms with E-state index in [1.54, 1.807) is 0 Å². The summed E-state index contributed by atoms with van der Waals surface area (Å²) >= 11 is 0. The van der Waals surface area contributed by atoms with Crippen molar-refractivity contribution >= 4 is 10.9 Å². The van der Waals surface area contributed by atoms with E-state index in [2.05, 4.69) is 23.0 Å². The molecule has 2 aromatic rings. The van der Waals surface area contributed by atoms with Gasteiger partial charge in [0.2, 0.25) is 0 Å². The van der Waals surface area contributed by atoms with E-state index in [1.165, 1.54) is 5.39 Å². The van der Waals surface area contributed by atoms with Gasteiger partial charge in [0.05, 0.1) is 5.52 Å². The van der Waals surface area contributed by atoms with Crippen LogP contribution in [0.3, 0.4) is 0 Å². The molecule has 0 saturated carbocycles. The molecule has 0 aliphatic heterocycles. The molecule has 0 radical (unpaired) electrons. The van der Waals surface area contributed by atoms with Crippen molar-refractivity contribution in [3.8, 4) is 0 Å². The smallest absolute Gasteiger partial charge is 0.0735 e. The molecule has 0 aliphatic carbocycles. The van der Waals surface area contributed by atoms with Crippen LogP contribution in [0.4, 0.5) is 0 Å². The van der Waals surface area contributed by atoms with Crippen molar-refractivity contribution in [3.05, 3.63) is 36.3 Å². The van der Waals surface area contributed by atoms with Gasteiger partial charge in [0.25, 0.3) is 0 Å². The summed E-state index contributed by atoms with van der Waals surface area (Å²) in [4.78, 5) is 8.54. The van der Waals surface area contributed by atoms with Crippen LogP contribution in [0, 0.1) is 0 Å². The topological polar surface area (TPSA) is 25.8 Å². The van der Waals surface area contributed by atoms with Crippen LogP contribution in [0.2, 0.25) is 0 Å². The van der Waals surface area contributed by atoms with Gasteiger partial charge in [-0.3, -0.25) is 9.97 Å². The summed E-state index contributed by atoms with van der Waals surface area (Å²) in [6, 6.07) is 5.95. The molecule has 0 aromatic carbocycles. The standard InChI is InChI=1S/C10H10N2/c1-2-9-8-4-3-6-11-10(8)5-7-12-9/h3-7H,2H2,1H3. The van der Waals surface area contributed by atoms with Gasteiger partial charge in [0, 0.05) is 23.5 Å². The van der Waals surface area contributed by atoms with Gasteiger partial charge in [-0.2, -0.15) is 0 Å². The van der Waals surface area contributed by atoms with Gasteiger partial charge in [0.15, 0.2) is 0 Å². The van der Waals surface area contributed by atoms with E-state index in [0.717, 1.165) is 17.6 Å². The number of aryl methyl sites for hydroxylation is 1. The molecule has 0 saturated heterocycles. The van der Waals surface area contributed by atoms with E-state index >= 15 is 0 Å². The van der Waals surface area contributed by atoms with Crippen molar-refractivity contribution in [3.63, 3.8) is 0 Å². The van der Waals surface area contributed by atoms with E-state index < -0.39 is 0 Å². The molecular formula is C10H10N2. The maximum Gasteiger partial charge on any atom is 0.0735 e. The highest BCUT2D eigenvalue weighted by atomic mass is 14.7. The monoisotopic (exact) mass is 158 g/mol. The highest BCUT2D eigenvalue weighted by Crippen LogP contribution is 2.13. The zero-order valence-electron chi connectivity index (χ0n) is 6.99. The van der Waals surface area contributed by atoms with Crippen LogP contribution in [0.5, 0.6) is 0 Å². The summed E-state index contributed by atoms with van der Waals surface area (Å²) in [6.45, 7) is 2.11. The van der Waals surface area contributed by atoms with Crippen LogP contribution >= 0.6 is 0 Å². The fourth-order valence-electron chi connectivity index (χ4n) is 1.34. The van der Waals surface area contributed by atoms with Gasteiger partial charge in [-0.05, 0) is 24.6 Å². The van der Waals surface area contributed by atoms with Gasteiger partial charge in [0.1, 0.15) is 0 Å². The molecule has 2 heterocycles. The van der Waals surface area contributed by atoms with Crippen LogP contribution in [0.1, 0.15) is 12.6 Å². The second-order valence-electron chi connectivity index (χ2n) is 2.68. The third kappa shape index (κ3) is 1.05. The number of fused-ring (bicyclic) bond motifs is 1. The molecule has 0 amide bonds. The van der Waals surface area contributed by atoms with Crippen molar-refractivity contribution in [1.82, 2.24) is 9.97 Å². The fourth-order valence-corrected chi connectivity index (χ4v) is 1.34. The summed E-state index contributed by atoms with van der Waals surface area (Å²) in [7, 11) is 0. The first-order valence-corrected chi connectivity index (χ1v) is 4.10. The number of aromatic nitrogens is 2. The second-order valence-corrected chi connectivity index (χ2v) is 2.68. The molecule has 0 atom stereocenters. The molecule has 0 aliphatic rings. The lowest BCUT2D eigenvalue weighted by Crippen LogP contribution is -1.89. The van der Waals surface area contributed by atoms with Crippen LogP contribution in [0.25, 0.3) is 10.9 Å². The van der Waals surface area contributed by atoms with Crippen LogP contribution in [0.15, 0.2) is 30.6 Å². The number of rotatable bonds is 1. The summed E-state index contributed by atoms with van der Waals surface area (Å²) in [5.74, 6) is 0. The van der Waals surface area contributed by atoms with Gasteiger partial charge < -0.3 is 0 Å². The Bertz CT molecular complexity index is 390. The number of hydrogen-bond donors (Lipinski definition) is 0. The SMILES string of the molecule is CCc1nccc2ncccc12. The van der Waals surface area contributed by atoms with E-state index in [9.17, 15) is 0 Å². The molecule has 2 aromatic heterocycles. The maximum absolute atomic E-state index is 4.29. The molecule has 12 heavy (non-hydrogen) atoms. The molecule has 0 bridgehead atoms. The minimum absolute atomic E-state index is 0.961. The average molecular weight is 158 g/mol. The van der Waals surface area contributed by atoms with Crippen molar-refractivity contribution in [2.75, 3.05) is 0 Å². The molecule has 0 unspecified atom stereocenters. The lowest BCUT2D eigenvalue weighted by molar-refractivity contribution is 1.05. The Morgan fingerprint density at radius 3 is 2.92 bits per heavy atom. The van der Waals surface area contributed by atoms with E-state index in [0.29, 0.717) is 0 Å². The van der Waals surface area contributed by atoms with E-state index in [4.69, 9.17) is 0 Å². The van der Waals surface area contributed by atoms with E-state index in [-0.39, 0.29) is 0 Å². The summed E-state index contributed by atoms with van der Waals surface area (Å²) in [6.07, 6.45) is 4.58. The molecule has 2 rings (SSSR count). The molecule has 2 nitrogen and oxygen atoms in total. The lowest BCUT2D eigenvalue weighted by Gasteiger charge is -2.00. The predicted molar refractivity (Wildman–Crippen MR) is 48.9 cm³/mol. The van der Waals surface area contributed by atoms with Crippen molar-refractivity contribution in [2.45, 2.75) is 13.3 Å². The third-order valence-electron chi connectivity index (χ3n) is 1.95. The first kappa shape index (κ1) is 7.22. The van der Waals surface area contributed by atoms with Gasteiger partial charge >= 0.3 is 0 Å².